The highest BCUT2D eigenvalue weighted by Gasteiger charge is 2.62. The Hall–Kier alpha value is -1.92. The molecule has 38 heavy (non-hydrogen) atoms. The topological polar surface area (TPSA) is 73.6 Å². The number of hydrogen-bond acceptors (Lipinski definition) is 5. The number of ether oxygens (including phenoxy) is 2. The minimum absolute atomic E-state index is 0.0777. The molecule has 4 aliphatic carbocycles. The lowest BCUT2D eigenvalue weighted by molar-refractivity contribution is -0.163. The van der Waals surface area contributed by atoms with Crippen molar-refractivity contribution in [2.75, 3.05) is 20.8 Å². The monoisotopic (exact) mass is 522 g/mol. The molecule has 6 heteroatoms. The lowest BCUT2D eigenvalue weighted by atomic mass is 9.42. The molecule has 0 amide bonds. The average Bonchev–Trinajstić information content (AvgIpc) is 3.47. The predicted molar refractivity (Wildman–Crippen MR) is 148 cm³/mol. The molecule has 0 aliphatic heterocycles. The molecule has 0 saturated heterocycles. The Morgan fingerprint density at radius 1 is 1.08 bits per heavy atom. The van der Waals surface area contributed by atoms with Gasteiger partial charge in [0.15, 0.2) is 5.78 Å². The Bertz CT molecular complexity index is 1190. The lowest BCUT2D eigenvalue weighted by Gasteiger charge is -2.63. The minimum Gasteiger partial charge on any atom is -0.497 e. The number of hydrogen-bond donors (Lipinski definition) is 1. The molecule has 0 radical (unpaired) electrons. The van der Waals surface area contributed by atoms with Crippen molar-refractivity contribution in [2.45, 2.75) is 90.2 Å². The van der Waals surface area contributed by atoms with Crippen molar-refractivity contribution in [3.8, 4) is 5.75 Å². The summed E-state index contributed by atoms with van der Waals surface area (Å²) in [5, 5.41) is 16.6. The third-order valence-electron chi connectivity index (χ3n) is 12.0. The van der Waals surface area contributed by atoms with Crippen LogP contribution in [0.2, 0.25) is 0 Å². The SMILES string of the molecule is COCC[C@]12CC[C@@](C)(O)C[C@@H]1CC[C@H]1[C@@H]3CC[C@H](C(=O)Cn4ncc5ccc(OC)cc54)[C@@]3(C)CC[C@@H]12. The number of ketones is 1. The summed E-state index contributed by atoms with van der Waals surface area (Å²) in [4.78, 5) is 13.9. The van der Waals surface area contributed by atoms with Crippen molar-refractivity contribution in [1.82, 2.24) is 9.78 Å². The van der Waals surface area contributed by atoms with E-state index in [1.54, 1.807) is 7.11 Å². The first-order valence-corrected chi connectivity index (χ1v) is 14.9. The second-order valence-corrected chi connectivity index (χ2v) is 13.7. The van der Waals surface area contributed by atoms with Crippen LogP contribution >= 0.6 is 0 Å². The van der Waals surface area contributed by atoms with Crippen LogP contribution in [0.5, 0.6) is 5.75 Å². The van der Waals surface area contributed by atoms with Gasteiger partial charge >= 0.3 is 0 Å². The van der Waals surface area contributed by atoms with Crippen LogP contribution in [0.1, 0.15) is 78.1 Å². The number of benzene rings is 1. The Morgan fingerprint density at radius 3 is 2.71 bits per heavy atom. The van der Waals surface area contributed by atoms with Crippen molar-refractivity contribution in [1.29, 1.82) is 0 Å². The van der Waals surface area contributed by atoms with Gasteiger partial charge in [0.2, 0.25) is 0 Å². The number of aromatic nitrogens is 2. The number of carbonyl (C=O) groups is 1. The van der Waals surface area contributed by atoms with E-state index in [1.165, 1.54) is 25.7 Å². The highest BCUT2D eigenvalue weighted by Crippen LogP contribution is 2.69. The minimum atomic E-state index is -0.525. The van der Waals surface area contributed by atoms with Crippen LogP contribution in [0.25, 0.3) is 10.9 Å². The van der Waals surface area contributed by atoms with Gasteiger partial charge < -0.3 is 14.6 Å². The van der Waals surface area contributed by atoms with Gasteiger partial charge in [-0.05, 0) is 118 Å². The molecule has 1 heterocycles. The molecule has 1 aromatic carbocycles. The Kier molecular flexibility index (Phi) is 6.66. The smallest absolute Gasteiger partial charge is 0.157 e. The maximum Gasteiger partial charge on any atom is 0.157 e. The molecule has 6 rings (SSSR count). The van der Waals surface area contributed by atoms with E-state index in [0.29, 0.717) is 36.0 Å². The summed E-state index contributed by atoms with van der Waals surface area (Å²) in [5.74, 6) is 3.85. The summed E-state index contributed by atoms with van der Waals surface area (Å²) >= 11 is 0. The van der Waals surface area contributed by atoms with Crippen LogP contribution in [-0.4, -0.2) is 47.1 Å². The Balaban J connectivity index is 1.23. The average molecular weight is 523 g/mol. The second kappa shape index (κ2) is 9.62. The molecule has 4 saturated carbocycles. The molecular formula is C32H46N2O4. The molecule has 0 spiro atoms. The lowest BCUT2D eigenvalue weighted by Crippen LogP contribution is -2.57. The fraction of sp³-hybridized carbons (Fsp3) is 0.750. The van der Waals surface area contributed by atoms with E-state index in [2.05, 4.69) is 12.0 Å². The molecule has 0 bridgehead atoms. The summed E-state index contributed by atoms with van der Waals surface area (Å²) in [6, 6.07) is 5.94. The van der Waals surface area contributed by atoms with Gasteiger partial charge in [0.1, 0.15) is 12.3 Å². The van der Waals surface area contributed by atoms with Crippen LogP contribution in [-0.2, 0) is 16.1 Å². The van der Waals surface area contributed by atoms with Crippen LogP contribution in [0.4, 0.5) is 0 Å². The molecule has 208 valence electrons. The second-order valence-electron chi connectivity index (χ2n) is 13.7. The third-order valence-corrected chi connectivity index (χ3v) is 12.0. The molecule has 4 fully saturated rings. The summed E-state index contributed by atoms with van der Waals surface area (Å²) in [6.45, 7) is 5.64. The zero-order valence-electron chi connectivity index (χ0n) is 23.7. The van der Waals surface area contributed by atoms with E-state index >= 15 is 0 Å². The van der Waals surface area contributed by atoms with Crippen LogP contribution in [0.15, 0.2) is 24.4 Å². The number of nitrogens with zero attached hydrogens (tertiary/aromatic N) is 2. The zero-order chi connectivity index (χ0) is 26.7. The Labute approximate surface area is 227 Å². The number of rotatable bonds is 7. The first-order chi connectivity index (χ1) is 18.2. The van der Waals surface area contributed by atoms with Crippen molar-refractivity contribution < 1.29 is 19.4 Å². The van der Waals surface area contributed by atoms with Gasteiger partial charge in [0, 0.05) is 31.1 Å². The van der Waals surface area contributed by atoms with Gasteiger partial charge in [0.25, 0.3) is 0 Å². The molecule has 0 unspecified atom stereocenters. The first kappa shape index (κ1) is 26.3. The number of Topliss-reactive ketones (excluding diaryl/α,β-unsaturated/α-hetero) is 1. The third kappa shape index (κ3) is 4.13. The first-order valence-electron chi connectivity index (χ1n) is 14.9. The van der Waals surface area contributed by atoms with E-state index < -0.39 is 5.60 Å². The van der Waals surface area contributed by atoms with Crippen LogP contribution in [0, 0.1) is 40.4 Å². The largest absolute Gasteiger partial charge is 0.497 e. The standard InChI is InChI=1S/C32H46N2O4/c1-30(36)13-14-32(15-16-37-3)22(18-30)6-8-24-25-9-10-27(31(25,2)12-11-26(24)32)29(35)20-34-28-17-23(38-4)7-5-21(28)19-33-34/h5,7,17,19,22,24-27,36H,6,8-16,18,20H2,1-4H3/t22-,24-,25-,26-,27+,30+,31-,32+/m0/s1. The molecule has 2 aromatic rings. The van der Waals surface area contributed by atoms with Gasteiger partial charge in [-0.15, -0.1) is 0 Å². The van der Waals surface area contributed by atoms with Crippen molar-refractivity contribution in [3.05, 3.63) is 24.4 Å². The Morgan fingerprint density at radius 2 is 1.92 bits per heavy atom. The summed E-state index contributed by atoms with van der Waals surface area (Å²) < 4.78 is 12.9. The van der Waals surface area contributed by atoms with Gasteiger partial charge in [-0.3, -0.25) is 9.48 Å². The van der Waals surface area contributed by atoms with E-state index in [9.17, 15) is 9.90 Å². The van der Waals surface area contributed by atoms with E-state index in [-0.39, 0.29) is 16.7 Å². The van der Waals surface area contributed by atoms with Gasteiger partial charge in [-0.1, -0.05) is 6.92 Å². The highest BCUT2D eigenvalue weighted by atomic mass is 16.5. The molecule has 1 N–H and O–H groups in total. The zero-order valence-corrected chi connectivity index (χ0v) is 23.7. The predicted octanol–water partition coefficient (Wildman–Crippen LogP) is 6.04. The molecule has 1 aromatic heterocycles. The van der Waals surface area contributed by atoms with E-state index in [4.69, 9.17) is 9.47 Å². The molecular weight excluding hydrogens is 476 g/mol. The maximum atomic E-state index is 13.9. The van der Waals surface area contributed by atoms with Crippen LogP contribution in [0.3, 0.4) is 0 Å². The quantitative estimate of drug-likeness (QED) is 0.480. The number of fused-ring (bicyclic) bond motifs is 6. The highest BCUT2D eigenvalue weighted by molar-refractivity contribution is 5.85. The van der Waals surface area contributed by atoms with Gasteiger partial charge in [-0.2, -0.15) is 5.10 Å². The fourth-order valence-electron chi connectivity index (χ4n) is 10.1. The van der Waals surface area contributed by atoms with Crippen molar-refractivity contribution >= 4 is 16.7 Å². The molecule has 4 aliphatic rings. The maximum absolute atomic E-state index is 13.9. The van der Waals surface area contributed by atoms with Crippen molar-refractivity contribution in [2.24, 2.45) is 40.4 Å². The normalized spacial score (nSPS) is 40.4. The van der Waals surface area contributed by atoms with Crippen LogP contribution < -0.4 is 4.74 Å². The molecule has 8 atom stereocenters. The summed E-state index contributed by atoms with van der Waals surface area (Å²) in [7, 11) is 3.50. The van der Waals surface area contributed by atoms with Gasteiger partial charge in [0.05, 0.1) is 24.4 Å². The van der Waals surface area contributed by atoms with E-state index in [1.807, 2.05) is 43.1 Å². The van der Waals surface area contributed by atoms with Crippen molar-refractivity contribution in [3.63, 3.8) is 0 Å². The van der Waals surface area contributed by atoms with E-state index in [0.717, 1.165) is 61.8 Å². The summed E-state index contributed by atoms with van der Waals surface area (Å²) in [6.07, 6.45) is 12.9. The fourth-order valence-corrected chi connectivity index (χ4v) is 10.1. The van der Waals surface area contributed by atoms with Gasteiger partial charge in [-0.25, -0.2) is 0 Å². The number of aliphatic hydroxyl groups is 1. The summed E-state index contributed by atoms with van der Waals surface area (Å²) in [5.41, 5.74) is 0.808. The number of carbonyl (C=O) groups excluding carboxylic acids is 1. The molecule has 6 nitrogen and oxygen atoms in total. The number of methoxy groups -OCH3 is 2.